The molecule has 0 aromatic heterocycles. The molecule has 0 saturated heterocycles. The van der Waals surface area contributed by atoms with Crippen LogP contribution in [0.3, 0.4) is 0 Å². The van der Waals surface area contributed by atoms with Crippen molar-refractivity contribution in [2.45, 2.75) is 32.6 Å². The monoisotopic (exact) mass is 162 g/mol. The second-order valence-corrected chi connectivity index (χ2v) is 3.58. The van der Waals surface area contributed by atoms with E-state index in [1.165, 1.54) is 24.0 Å². The summed E-state index contributed by atoms with van der Waals surface area (Å²) < 4.78 is 0. The van der Waals surface area contributed by atoms with E-state index in [0.29, 0.717) is 5.75 Å². The predicted octanol–water partition coefficient (Wildman–Crippen LogP) is 2.58. The van der Waals surface area contributed by atoms with E-state index in [2.05, 4.69) is 6.07 Å². The number of phenols is 1. The molecule has 1 aliphatic rings. The molecule has 0 unspecified atom stereocenters. The quantitative estimate of drug-likeness (QED) is 0.621. The van der Waals surface area contributed by atoms with Gasteiger partial charge in [-0.25, -0.2) is 0 Å². The smallest absolute Gasteiger partial charge is 0.121 e. The predicted molar refractivity (Wildman–Crippen MR) is 49.5 cm³/mol. The minimum atomic E-state index is 0.534. The topological polar surface area (TPSA) is 20.2 Å². The average molecular weight is 162 g/mol. The first kappa shape index (κ1) is 7.66. The number of hydrogen-bond acceptors (Lipinski definition) is 1. The lowest BCUT2D eigenvalue weighted by atomic mass is 9.90. The molecule has 0 atom stereocenters. The van der Waals surface area contributed by atoms with Crippen molar-refractivity contribution in [2.75, 3.05) is 0 Å². The molecule has 0 saturated carbocycles. The summed E-state index contributed by atoms with van der Waals surface area (Å²) >= 11 is 0. The fraction of sp³-hybridized carbons (Fsp3) is 0.455. The van der Waals surface area contributed by atoms with Gasteiger partial charge in [0.1, 0.15) is 5.75 Å². The molecule has 0 aliphatic heterocycles. The van der Waals surface area contributed by atoms with Crippen LogP contribution < -0.4 is 0 Å². The number of fused-ring (bicyclic) bond motifs is 1. The van der Waals surface area contributed by atoms with Crippen LogP contribution in [0.5, 0.6) is 5.75 Å². The number of aromatic hydroxyl groups is 1. The maximum atomic E-state index is 9.74. The first-order chi connectivity index (χ1) is 5.79. The Morgan fingerprint density at radius 2 is 1.92 bits per heavy atom. The number of rotatable bonds is 0. The van der Waals surface area contributed by atoms with Crippen molar-refractivity contribution in [1.29, 1.82) is 0 Å². The second kappa shape index (κ2) is 2.81. The Bertz CT molecular complexity index is 302. The van der Waals surface area contributed by atoms with Crippen LogP contribution in [-0.2, 0) is 12.8 Å². The summed E-state index contributed by atoms with van der Waals surface area (Å²) in [4.78, 5) is 0. The molecule has 1 nitrogen and oxygen atoms in total. The molecule has 2 rings (SSSR count). The van der Waals surface area contributed by atoms with Crippen molar-refractivity contribution in [1.82, 2.24) is 0 Å². The number of aryl methyl sites for hydroxylation is 2. The van der Waals surface area contributed by atoms with Crippen LogP contribution in [-0.4, -0.2) is 5.11 Å². The third-order valence-electron chi connectivity index (χ3n) is 2.70. The Hall–Kier alpha value is -0.980. The summed E-state index contributed by atoms with van der Waals surface area (Å²) in [6.07, 6.45) is 4.70. The standard InChI is InChI=1S/C11H14O/c1-8-6-7-9-4-2-3-5-10(9)11(8)12/h6-7,12H,2-5H2,1H3. The van der Waals surface area contributed by atoms with Crippen LogP contribution >= 0.6 is 0 Å². The minimum Gasteiger partial charge on any atom is -0.507 e. The Balaban J connectivity index is 2.54. The van der Waals surface area contributed by atoms with Crippen LogP contribution in [0.1, 0.15) is 29.5 Å². The van der Waals surface area contributed by atoms with Crippen molar-refractivity contribution in [2.24, 2.45) is 0 Å². The van der Waals surface area contributed by atoms with Gasteiger partial charge in [-0.1, -0.05) is 12.1 Å². The van der Waals surface area contributed by atoms with Crippen LogP contribution in [0, 0.1) is 6.92 Å². The fourth-order valence-corrected chi connectivity index (χ4v) is 1.93. The minimum absolute atomic E-state index is 0.534. The highest BCUT2D eigenvalue weighted by molar-refractivity contribution is 5.45. The number of benzene rings is 1. The Morgan fingerprint density at radius 3 is 2.75 bits per heavy atom. The summed E-state index contributed by atoms with van der Waals surface area (Å²) in [5, 5.41) is 9.74. The molecule has 0 bridgehead atoms. The van der Waals surface area contributed by atoms with Crippen molar-refractivity contribution in [3.63, 3.8) is 0 Å². The van der Waals surface area contributed by atoms with Gasteiger partial charge in [-0.3, -0.25) is 0 Å². The van der Waals surface area contributed by atoms with E-state index < -0.39 is 0 Å². The molecule has 0 fully saturated rings. The summed E-state index contributed by atoms with van der Waals surface area (Å²) in [6, 6.07) is 4.17. The molecule has 1 N–H and O–H groups in total. The van der Waals surface area contributed by atoms with E-state index in [1.54, 1.807) is 0 Å². The van der Waals surface area contributed by atoms with Gasteiger partial charge in [-0.05, 0) is 49.3 Å². The van der Waals surface area contributed by atoms with E-state index >= 15 is 0 Å². The van der Waals surface area contributed by atoms with Gasteiger partial charge in [0.05, 0.1) is 0 Å². The lowest BCUT2D eigenvalue weighted by Crippen LogP contribution is -2.03. The van der Waals surface area contributed by atoms with Gasteiger partial charge in [0.25, 0.3) is 0 Å². The lowest BCUT2D eigenvalue weighted by molar-refractivity contribution is 0.458. The van der Waals surface area contributed by atoms with E-state index in [9.17, 15) is 5.11 Å². The molecular weight excluding hydrogens is 148 g/mol. The molecule has 64 valence electrons. The lowest BCUT2D eigenvalue weighted by Gasteiger charge is -2.17. The van der Waals surface area contributed by atoms with Gasteiger partial charge >= 0.3 is 0 Å². The summed E-state index contributed by atoms with van der Waals surface area (Å²) in [7, 11) is 0. The zero-order valence-electron chi connectivity index (χ0n) is 7.43. The van der Waals surface area contributed by atoms with Crippen LogP contribution in [0.15, 0.2) is 12.1 Å². The van der Waals surface area contributed by atoms with Gasteiger partial charge in [0.15, 0.2) is 0 Å². The van der Waals surface area contributed by atoms with Crippen molar-refractivity contribution >= 4 is 0 Å². The van der Waals surface area contributed by atoms with Crippen LogP contribution in [0.2, 0.25) is 0 Å². The van der Waals surface area contributed by atoms with E-state index in [1.807, 2.05) is 13.0 Å². The van der Waals surface area contributed by atoms with Crippen LogP contribution in [0.25, 0.3) is 0 Å². The molecule has 0 heterocycles. The Labute approximate surface area is 73.0 Å². The van der Waals surface area contributed by atoms with Gasteiger partial charge in [0, 0.05) is 0 Å². The van der Waals surface area contributed by atoms with Crippen molar-refractivity contribution < 1.29 is 5.11 Å². The largest absolute Gasteiger partial charge is 0.507 e. The fourth-order valence-electron chi connectivity index (χ4n) is 1.93. The molecule has 0 spiro atoms. The highest BCUT2D eigenvalue weighted by atomic mass is 16.3. The first-order valence-corrected chi connectivity index (χ1v) is 4.59. The van der Waals surface area contributed by atoms with Gasteiger partial charge in [-0.2, -0.15) is 0 Å². The molecule has 1 aromatic rings. The third-order valence-corrected chi connectivity index (χ3v) is 2.70. The normalized spacial score (nSPS) is 15.8. The average Bonchev–Trinajstić information content (AvgIpc) is 2.12. The maximum Gasteiger partial charge on any atom is 0.121 e. The third kappa shape index (κ3) is 1.09. The van der Waals surface area contributed by atoms with E-state index in [0.717, 1.165) is 18.4 Å². The van der Waals surface area contributed by atoms with E-state index in [-0.39, 0.29) is 0 Å². The molecular formula is C11H14O. The highest BCUT2D eigenvalue weighted by Gasteiger charge is 2.13. The van der Waals surface area contributed by atoms with Gasteiger partial charge < -0.3 is 5.11 Å². The number of hydrogen-bond donors (Lipinski definition) is 1. The second-order valence-electron chi connectivity index (χ2n) is 3.58. The summed E-state index contributed by atoms with van der Waals surface area (Å²) in [5.41, 5.74) is 3.56. The zero-order valence-corrected chi connectivity index (χ0v) is 7.43. The van der Waals surface area contributed by atoms with Gasteiger partial charge in [0.2, 0.25) is 0 Å². The van der Waals surface area contributed by atoms with E-state index in [4.69, 9.17) is 0 Å². The SMILES string of the molecule is Cc1ccc2c(c1O)CCCC2. The molecule has 1 heteroatoms. The summed E-state index contributed by atoms with van der Waals surface area (Å²) in [6.45, 7) is 1.96. The molecule has 1 aromatic carbocycles. The maximum absolute atomic E-state index is 9.74. The Kier molecular flexibility index (Phi) is 1.80. The molecule has 12 heavy (non-hydrogen) atoms. The van der Waals surface area contributed by atoms with Crippen LogP contribution in [0.4, 0.5) is 0 Å². The molecule has 0 amide bonds. The van der Waals surface area contributed by atoms with Crippen molar-refractivity contribution in [3.8, 4) is 5.75 Å². The Morgan fingerprint density at radius 1 is 1.17 bits per heavy atom. The van der Waals surface area contributed by atoms with Gasteiger partial charge in [-0.15, -0.1) is 0 Å². The molecule has 0 radical (unpaired) electrons. The molecule has 1 aliphatic carbocycles. The highest BCUT2D eigenvalue weighted by Crippen LogP contribution is 2.31. The first-order valence-electron chi connectivity index (χ1n) is 4.59. The van der Waals surface area contributed by atoms with Crippen molar-refractivity contribution in [3.05, 3.63) is 28.8 Å². The zero-order chi connectivity index (χ0) is 8.55. The summed E-state index contributed by atoms with van der Waals surface area (Å²) in [5.74, 6) is 0.534. The number of phenolic OH excluding ortho intramolecular Hbond substituents is 1.